The van der Waals surface area contributed by atoms with Crippen LogP contribution in [-0.2, 0) is 4.79 Å². The molecule has 1 aliphatic carbocycles. The van der Waals surface area contributed by atoms with Crippen LogP contribution in [0.25, 0.3) is 0 Å². The summed E-state index contributed by atoms with van der Waals surface area (Å²) in [5.41, 5.74) is 0. The standard InChI is InChI=1S/C17H32N2O2/c1-13-8-4-5-9-15(13)18(3)17(21)12-19-11-7-6-10-16(19)14(2)20/h13-16,20H,4-12H2,1-3H3. The lowest BCUT2D eigenvalue weighted by atomic mass is 9.85. The number of carbonyl (C=O) groups is 1. The summed E-state index contributed by atoms with van der Waals surface area (Å²) in [5, 5.41) is 9.92. The van der Waals surface area contributed by atoms with Crippen molar-refractivity contribution >= 4 is 5.91 Å². The molecule has 0 aromatic heterocycles. The van der Waals surface area contributed by atoms with Gasteiger partial charge in [-0.05, 0) is 45.1 Å². The van der Waals surface area contributed by atoms with Gasteiger partial charge in [0, 0.05) is 19.1 Å². The van der Waals surface area contributed by atoms with E-state index in [9.17, 15) is 9.90 Å². The predicted octanol–water partition coefficient (Wildman–Crippen LogP) is 2.26. The van der Waals surface area contributed by atoms with E-state index in [0.29, 0.717) is 18.5 Å². The number of carbonyl (C=O) groups excluding carboxylic acids is 1. The average Bonchev–Trinajstić information content (AvgIpc) is 2.47. The van der Waals surface area contributed by atoms with Crippen LogP contribution in [0.15, 0.2) is 0 Å². The first-order chi connectivity index (χ1) is 10.0. The topological polar surface area (TPSA) is 43.8 Å². The van der Waals surface area contributed by atoms with Crippen LogP contribution in [0.2, 0.25) is 0 Å². The van der Waals surface area contributed by atoms with E-state index in [0.717, 1.165) is 32.2 Å². The minimum Gasteiger partial charge on any atom is -0.392 e. The summed E-state index contributed by atoms with van der Waals surface area (Å²) in [6.45, 7) is 5.53. The SMILES string of the molecule is CC(O)C1CCCCN1CC(=O)N(C)C1CCCCC1C. The molecule has 4 unspecified atom stereocenters. The van der Waals surface area contributed by atoms with Crippen LogP contribution in [0, 0.1) is 5.92 Å². The number of rotatable bonds is 4. The highest BCUT2D eigenvalue weighted by Crippen LogP contribution is 2.28. The van der Waals surface area contributed by atoms with Crippen molar-refractivity contribution in [3.05, 3.63) is 0 Å². The first-order valence-corrected chi connectivity index (χ1v) is 8.68. The first-order valence-electron chi connectivity index (χ1n) is 8.68. The van der Waals surface area contributed by atoms with E-state index >= 15 is 0 Å². The largest absolute Gasteiger partial charge is 0.392 e. The molecule has 0 radical (unpaired) electrons. The van der Waals surface area contributed by atoms with E-state index in [1.807, 2.05) is 18.9 Å². The molecule has 4 heteroatoms. The van der Waals surface area contributed by atoms with Crippen LogP contribution in [-0.4, -0.2) is 59.1 Å². The molecule has 0 aromatic rings. The summed E-state index contributed by atoms with van der Waals surface area (Å²) in [7, 11) is 1.97. The molecule has 1 saturated heterocycles. The van der Waals surface area contributed by atoms with Gasteiger partial charge in [0.05, 0.1) is 12.6 Å². The molecule has 1 heterocycles. The second-order valence-corrected chi connectivity index (χ2v) is 7.11. The summed E-state index contributed by atoms with van der Waals surface area (Å²) in [5.74, 6) is 0.836. The number of nitrogens with zero attached hydrogens (tertiary/aromatic N) is 2. The van der Waals surface area contributed by atoms with Gasteiger partial charge in [0.25, 0.3) is 0 Å². The number of amides is 1. The highest BCUT2D eigenvalue weighted by Gasteiger charge is 2.32. The number of piperidine rings is 1. The van der Waals surface area contributed by atoms with E-state index in [1.165, 1.54) is 19.3 Å². The Morgan fingerprint density at radius 3 is 2.57 bits per heavy atom. The van der Waals surface area contributed by atoms with Gasteiger partial charge >= 0.3 is 0 Å². The third-order valence-electron chi connectivity index (χ3n) is 5.52. The summed E-state index contributed by atoms with van der Waals surface area (Å²) >= 11 is 0. The number of likely N-dealkylation sites (N-methyl/N-ethyl adjacent to an activating group) is 1. The zero-order valence-electron chi connectivity index (χ0n) is 13.9. The van der Waals surface area contributed by atoms with Crippen LogP contribution in [0.4, 0.5) is 0 Å². The molecule has 1 aliphatic heterocycles. The number of likely N-dealkylation sites (tertiary alicyclic amines) is 1. The highest BCUT2D eigenvalue weighted by atomic mass is 16.3. The Bertz CT molecular complexity index is 346. The molecule has 4 atom stereocenters. The van der Waals surface area contributed by atoms with Crippen molar-refractivity contribution < 1.29 is 9.90 Å². The summed E-state index contributed by atoms with van der Waals surface area (Å²) in [6.07, 6.45) is 7.88. The minimum atomic E-state index is -0.350. The molecule has 0 spiro atoms. The van der Waals surface area contributed by atoms with Crippen molar-refractivity contribution in [3.63, 3.8) is 0 Å². The fourth-order valence-corrected chi connectivity index (χ4v) is 4.10. The molecule has 0 aromatic carbocycles. The van der Waals surface area contributed by atoms with Crippen molar-refractivity contribution in [1.82, 2.24) is 9.80 Å². The second-order valence-electron chi connectivity index (χ2n) is 7.11. The second kappa shape index (κ2) is 7.59. The van der Waals surface area contributed by atoms with Crippen molar-refractivity contribution in [2.24, 2.45) is 5.92 Å². The molecule has 122 valence electrons. The third kappa shape index (κ3) is 4.19. The van der Waals surface area contributed by atoms with Gasteiger partial charge in [-0.3, -0.25) is 9.69 Å². The molecule has 2 fully saturated rings. The van der Waals surface area contributed by atoms with Crippen LogP contribution in [0.5, 0.6) is 0 Å². The smallest absolute Gasteiger partial charge is 0.236 e. The molecule has 1 N–H and O–H groups in total. The third-order valence-corrected chi connectivity index (χ3v) is 5.52. The summed E-state index contributed by atoms with van der Waals surface area (Å²) in [6, 6.07) is 0.556. The van der Waals surface area contributed by atoms with E-state index < -0.39 is 0 Å². The summed E-state index contributed by atoms with van der Waals surface area (Å²) < 4.78 is 0. The maximum atomic E-state index is 12.6. The van der Waals surface area contributed by atoms with Crippen molar-refractivity contribution in [3.8, 4) is 0 Å². The molecule has 21 heavy (non-hydrogen) atoms. The molecular formula is C17H32N2O2. The van der Waals surface area contributed by atoms with Crippen LogP contribution < -0.4 is 0 Å². The number of hydrogen-bond donors (Lipinski definition) is 1. The Labute approximate surface area is 129 Å². The molecule has 4 nitrogen and oxygen atoms in total. The fraction of sp³-hybridized carbons (Fsp3) is 0.941. The number of aliphatic hydroxyl groups excluding tert-OH is 1. The van der Waals surface area contributed by atoms with E-state index in [-0.39, 0.29) is 18.1 Å². The zero-order valence-corrected chi connectivity index (χ0v) is 13.9. The normalized spacial score (nSPS) is 32.7. The zero-order chi connectivity index (χ0) is 15.4. The van der Waals surface area contributed by atoms with Crippen molar-refractivity contribution in [2.45, 2.75) is 77.0 Å². The van der Waals surface area contributed by atoms with Crippen molar-refractivity contribution in [1.29, 1.82) is 0 Å². The van der Waals surface area contributed by atoms with E-state index in [4.69, 9.17) is 0 Å². The molecule has 0 bridgehead atoms. The molecular weight excluding hydrogens is 264 g/mol. The maximum absolute atomic E-state index is 12.6. The molecule has 2 aliphatic rings. The lowest BCUT2D eigenvalue weighted by Gasteiger charge is -2.40. The Hall–Kier alpha value is -0.610. The first kappa shape index (κ1) is 16.8. The van der Waals surface area contributed by atoms with Gasteiger partial charge in [-0.15, -0.1) is 0 Å². The molecule has 1 amide bonds. The number of hydrogen-bond acceptors (Lipinski definition) is 3. The quantitative estimate of drug-likeness (QED) is 0.865. The maximum Gasteiger partial charge on any atom is 0.236 e. The van der Waals surface area contributed by atoms with Crippen molar-refractivity contribution in [2.75, 3.05) is 20.1 Å². The van der Waals surface area contributed by atoms with Gasteiger partial charge in [-0.25, -0.2) is 0 Å². The Morgan fingerprint density at radius 1 is 1.24 bits per heavy atom. The van der Waals surface area contributed by atoms with Gasteiger partial charge in [0.1, 0.15) is 0 Å². The van der Waals surface area contributed by atoms with E-state index in [1.54, 1.807) is 0 Å². The Balaban J connectivity index is 1.92. The summed E-state index contributed by atoms with van der Waals surface area (Å²) in [4.78, 5) is 16.8. The van der Waals surface area contributed by atoms with Gasteiger partial charge < -0.3 is 10.0 Å². The van der Waals surface area contributed by atoms with Crippen LogP contribution in [0.3, 0.4) is 0 Å². The van der Waals surface area contributed by atoms with Crippen LogP contribution in [0.1, 0.15) is 58.8 Å². The lowest BCUT2D eigenvalue weighted by molar-refractivity contribution is -0.136. The molecule has 2 rings (SSSR count). The highest BCUT2D eigenvalue weighted by molar-refractivity contribution is 5.78. The van der Waals surface area contributed by atoms with E-state index in [2.05, 4.69) is 11.8 Å². The van der Waals surface area contributed by atoms with Gasteiger partial charge in [-0.1, -0.05) is 26.2 Å². The van der Waals surface area contributed by atoms with Gasteiger partial charge in [0.2, 0.25) is 5.91 Å². The Kier molecular flexibility index (Phi) is 6.06. The minimum absolute atomic E-state index is 0.153. The number of aliphatic hydroxyl groups is 1. The van der Waals surface area contributed by atoms with Gasteiger partial charge in [0.15, 0.2) is 0 Å². The average molecular weight is 296 g/mol. The van der Waals surface area contributed by atoms with Gasteiger partial charge in [-0.2, -0.15) is 0 Å². The lowest BCUT2D eigenvalue weighted by Crippen LogP contribution is -2.52. The Morgan fingerprint density at radius 2 is 1.90 bits per heavy atom. The molecule has 1 saturated carbocycles. The predicted molar refractivity (Wildman–Crippen MR) is 85.1 cm³/mol. The van der Waals surface area contributed by atoms with Crippen LogP contribution >= 0.6 is 0 Å². The fourth-order valence-electron chi connectivity index (χ4n) is 4.10. The monoisotopic (exact) mass is 296 g/mol.